The number of phenols is 2. The van der Waals surface area contributed by atoms with E-state index < -0.39 is 0 Å². The van der Waals surface area contributed by atoms with E-state index >= 15 is 0 Å². The molecule has 2 N–H and O–H groups in total. The van der Waals surface area contributed by atoms with Crippen molar-refractivity contribution < 1.29 is 57.6 Å². The Morgan fingerprint density at radius 3 is 0.750 bits per heavy atom. The average Bonchev–Trinajstić information content (AvgIpc) is 2.96. The summed E-state index contributed by atoms with van der Waals surface area (Å²) in [4.78, 5) is 0. The topological polar surface area (TPSA) is 133 Å². The third-order valence-electron chi connectivity index (χ3n) is 5.35. The lowest BCUT2D eigenvalue weighted by Gasteiger charge is -2.13. The summed E-state index contributed by atoms with van der Waals surface area (Å²) in [5, 5.41) is 20.8. The van der Waals surface area contributed by atoms with Crippen LogP contribution in [0.15, 0.2) is 36.4 Å². The Hall–Kier alpha value is -3.00. The van der Waals surface area contributed by atoms with Crippen molar-refractivity contribution >= 4 is 0 Å². The molecule has 0 radical (unpaired) electrons. The van der Waals surface area contributed by atoms with Crippen molar-refractivity contribution in [1.29, 1.82) is 0 Å². The van der Waals surface area contributed by atoms with Crippen LogP contribution in [-0.2, 0) is 28.4 Å². The lowest BCUT2D eigenvalue weighted by Crippen LogP contribution is -2.15. The highest BCUT2D eigenvalue weighted by atomic mass is 16.6. The standard InChI is InChI=1S/C28H40O12/c29-27-23-3-1-4-24(27)38-20-16-34-12-8-32-10-14-36-18-22-40-26-6-2-5-25(28(26)30)39-21-17-35-13-9-31-7-11-33-15-19-37-23/h1-6,29-30H,7-22H2. The van der Waals surface area contributed by atoms with Crippen molar-refractivity contribution in [1.82, 2.24) is 0 Å². The summed E-state index contributed by atoms with van der Waals surface area (Å²) in [6.45, 7) is 5.64. The van der Waals surface area contributed by atoms with Gasteiger partial charge in [-0.15, -0.1) is 0 Å². The molecule has 2 aromatic carbocycles. The maximum atomic E-state index is 10.4. The molecule has 0 amide bonds. The van der Waals surface area contributed by atoms with Gasteiger partial charge in [-0.05, 0) is 24.3 Å². The van der Waals surface area contributed by atoms with Crippen molar-refractivity contribution in [2.75, 3.05) is 106 Å². The summed E-state index contributed by atoms with van der Waals surface area (Å²) in [6.07, 6.45) is 0. The van der Waals surface area contributed by atoms with Crippen LogP contribution in [0.25, 0.3) is 0 Å². The summed E-state index contributed by atoms with van der Waals surface area (Å²) in [6, 6.07) is 10.1. The minimum Gasteiger partial charge on any atom is -0.502 e. The van der Waals surface area contributed by atoms with E-state index in [1.165, 1.54) is 0 Å². The molecule has 4 bridgehead atoms. The van der Waals surface area contributed by atoms with Gasteiger partial charge in [0, 0.05) is 0 Å². The lowest BCUT2D eigenvalue weighted by atomic mass is 10.3. The van der Waals surface area contributed by atoms with E-state index in [1.807, 2.05) is 0 Å². The molecule has 0 saturated heterocycles. The first kappa shape index (κ1) is 31.5. The summed E-state index contributed by atoms with van der Waals surface area (Å²) < 4.78 is 55.4. The zero-order valence-electron chi connectivity index (χ0n) is 22.8. The Bertz CT molecular complexity index is 802. The molecular formula is C28H40O12. The lowest BCUT2D eigenvalue weighted by molar-refractivity contribution is 0.00393. The molecule has 3 rings (SSSR count). The summed E-state index contributed by atoms with van der Waals surface area (Å²) in [7, 11) is 0. The van der Waals surface area contributed by atoms with Gasteiger partial charge in [0.15, 0.2) is 23.0 Å². The van der Waals surface area contributed by atoms with Crippen molar-refractivity contribution in [3.05, 3.63) is 36.4 Å². The molecule has 0 fully saturated rings. The molecule has 0 aliphatic carbocycles. The number of hydrogen-bond donors (Lipinski definition) is 2. The third-order valence-corrected chi connectivity index (χ3v) is 5.35. The van der Waals surface area contributed by atoms with Gasteiger partial charge < -0.3 is 57.6 Å². The molecule has 12 heteroatoms. The van der Waals surface area contributed by atoms with Gasteiger partial charge in [0.2, 0.25) is 11.5 Å². The van der Waals surface area contributed by atoms with Gasteiger partial charge in [-0.25, -0.2) is 0 Å². The van der Waals surface area contributed by atoms with Gasteiger partial charge in [0.05, 0.1) is 79.3 Å². The number of rotatable bonds is 0. The van der Waals surface area contributed by atoms with Gasteiger partial charge >= 0.3 is 0 Å². The quantitative estimate of drug-likeness (QED) is 0.484. The molecule has 2 aromatic rings. The summed E-state index contributed by atoms with van der Waals surface area (Å²) in [5.41, 5.74) is 0. The van der Waals surface area contributed by atoms with E-state index in [1.54, 1.807) is 36.4 Å². The maximum absolute atomic E-state index is 10.4. The first-order chi connectivity index (χ1) is 19.8. The molecule has 12 nitrogen and oxygen atoms in total. The zero-order chi connectivity index (χ0) is 28.1. The number of benzene rings is 2. The van der Waals surface area contributed by atoms with E-state index in [-0.39, 0.29) is 37.9 Å². The molecule has 0 aromatic heterocycles. The fourth-order valence-corrected chi connectivity index (χ4v) is 3.40. The predicted octanol–water partition coefficient (Wildman–Crippen LogP) is 2.43. The molecule has 0 saturated carbocycles. The van der Waals surface area contributed by atoms with E-state index in [0.717, 1.165) is 0 Å². The van der Waals surface area contributed by atoms with Crippen LogP contribution in [-0.4, -0.2) is 116 Å². The number of ether oxygens (including phenoxy) is 10. The Morgan fingerprint density at radius 1 is 0.325 bits per heavy atom. The smallest absolute Gasteiger partial charge is 0.200 e. The third kappa shape index (κ3) is 12.5. The molecule has 224 valence electrons. The van der Waals surface area contributed by atoms with Crippen LogP contribution in [0.3, 0.4) is 0 Å². The monoisotopic (exact) mass is 568 g/mol. The van der Waals surface area contributed by atoms with Gasteiger partial charge in [-0.3, -0.25) is 0 Å². The summed E-state index contributed by atoms with van der Waals surface area (Å²) in [5.74, 6) is 1.12. The first-order valence-electron chi connectivity index (χ1n) is 13.4. The highest BCUT2D eigenvalue weighted by Gasteiger charge is 2.11. The van der Waals surface area contributed by atoms with Crippen molar-refractivity contribution in [2.45, 2.75) is 0 Å². The molecule has 1 aliphatic rings. The van der Waals surface area contributed by atoms with Crippen LogP contribution in [0.1, 0.15) is 0 Å². The number of para-hydroxylation sites is 2. The second-order valence-corrected chi connectivity index (χ2v) is 8.27. The second kappa shape index (κ2) is 20.0. The van der Waals surface area contributed by atoms with E-state index in [4.69, 9.17) is 47.4 Å². The Labute approximate surface area is 234 Å². The van der Waals surface area contributed by atoms with E-state index in [2.05, 4.69) is 0 Å². The van der Waals surface area contributed by atoms with Crippen LogP contribution in [0.2, 0.25) is 0 Å². The van der Waals surface area contributed by atoms with Crippen LogP contribution >= 0.6 is 0 Å². The normalized spacial score (nSPS) is 18.8. The number of phenolic OH excluding ortho intramolecular Hbond substituents is 2. The molecular weight excluding hydrogens is 528 g/mol. The fourth-order valence-electron chi connectivity index (χ4n) is 3.40. The first-order valence-corrected chi connectivity index (χ1v) is 13.4. The van der Waals surface area contributed by atoms with Crippen LogP contribution in [0, 0.1) is 0 Å². The van der Waals surface area contributed by atoms with Gasteiger partial charge in [0.25, 0.3) is 0 Å². The highest BCUT2D eigenvalue weighted by Crippen LogP contribution is 2.36. The SMILES string of the molecule is Oc1c2cccc1OCCOCCOCCOCCOc1cccc(c1O)OCCOCCOCCOCCO2. The highest BCUT2D eigenvalue weighted by molar-refractivity contribution is 5.50. The molecule has 0 unspecified atom stereocenters. The zero-order valence-corrected chi connectivity index (χ0v) is 22.8. The minimum atomic E-state index is -0.0686. The predicted molar refractivity (Wildman–Crippen MR) is 143 cm³/mol. The van der Waals surface area contributed by atoms with Crippen LogP contribution < -0.4 is 18.9 Å². The molecule has 0 atom stereocenters. The minimum absolute atomic E-state index is 0.0686. The van der Waals surface area contributed by atoms with Crippen LogP contribution in [0.4, 0.5) is 0 Å². The molecule has 0 spiro atoms. The Morgan fingerprint density at radius 2 is 0.525 bits per heavy atom. The largest absolute Gasteiger partial charge is 0.502 e. The summed E-state index contributed by atoms with van der Waals surface area (Å²) >= 11 is 0. The molecule has 1 heterocycles. The number of aromatic hydroxyl groups is 2. The van der Waals surface area contributed by atoms with Crippen molar-refractivity contribution in [2.24, 2.45) is 0 Å². The van der Waals surface area contributed by atoms with Gasteiger partial charge in [-0.2, -0.15) is 0 Å². The van der Waals surface area contributed by atoms with Gasteiger partial charge in [-0.1, -0.05) is 12.1 Å². The van der Waals surface area contributed by atoms with E-state index in [0.29, 0.717) is 102 Å². The second-order valence-electron chi connectivity index (χ2n) is 8.27. The number of fused-ring (bicyclic) bond motifs is 4. The fraction of sp³-hybridized carbons (Fsp3) is 0.571. The molecule has 40 heavy (non-hydrogen) atoms. The van der Waals surface area contributed by atoms with E-state index in [9.17, 15) is 10.2 Å². The van der Waals surface area contributed by atoms with Crippen molar-refractivity contribution in [3.63, 3.8) is 0 Å². The van der Waals surface area contributed by atoms with Gasteiger partial charge in [0.1, 0.15) is 26.4 Å². The average molecular weight is 569 g/mol. The van der Waals surface area contributed by atoms with Crippen molar-refractivity contribution in [3.8, 4) is 34.5 Å². The maximum Gasteiger partial charge on any atom is 0.200 e. The number of hydrogen-bond acceptors (Lipinski definition) is 12. The van der Waals surface area contributed by atoms with Crippen LogP contribution in [0.5, 0.6) is 34.5 Å². The molecule has 1 aliphatic heterocycles. The Balaban J connectivity index is 1.39. The Kier molecular flexibility index (Phi) is 15.7.